The van der Waals surface area contributed by atoms with Crippen LogP contribution < -0.4 is 10.2 Å². The summed E-state index contributed by atoms with van der Waals surface area (Å²) in [6.45, 7) is 0. The molecule has 0 aliphatic carbocycles. The van der Waals surface area contributed by atoms with Gasteiger partial charge in [-0.15, -0.1) is 0 Å². The highest BCUT2D eigenvalue weighted by Crippen LogP contribution is 2.37. The number of nitrogens with zero attached hydrogens (tertiary/aromatic N) is 1. The van der Waals surface area contributed by atoms with E-state index in [2.05, 4.69) is 37.2 Å². The number of amides is 1. The largest absolute Gasteiger partial charge is 0.360 e. The molecule has 1 amide bonds. The van der Waals surface area contributed by atoms with E-state index >= 15 is 0 Å². The molecule has 0 spiro atoms. The maximum Gasteiger partial charge on any atom is 0.262 e. The normalized spacial score (nSPS) is 16.3. The summed E-state index contributed by atoms with van der Waals surface area (Å²) in [5.74, 6) is -0.0124. The lowest BCUT2D eigenvalue weighted by Gasteiger charge is -2.38. The van der Waals surface area contributed by atoms with Crippen molar-refractivity contribution in [2.45, 2.75) is 6.17 Å². The molecule has 5 heteroatoms. The van der Waals surface area contributed by atoms with Crippen molar-refractivity contribution in [3.63, 3.8) is 0 Å². The first-order chi connectivity index (χ1) is 12.1. The molecule has 1 unspecified atom stereocenters. The smallest absolute Gasteiger partial charge is 0.262 e. The summed E-state index contributed by atoms with van der Waals surface area (Å²) in [5.41, 5.74) is 3.39. The summed E-state index contributed by atoms with van der Waals surface area (Å²) < 4.78 is 1.96. The van der Waals surface area contributed by atoms with Gasteiger partial charge in [0.2, 0.25) is 0 Å². The zero-order valence-electron chi connectivity index (χ0n) is 13.1. The zero-order chi connectivity index (χ0) is 17.4. The van der Waals surface area contributed by atoms with Crippen LogP contribution in [-0.4, -0.2) is 5.91 Å². The van der Waals surface area contributed by atoms with Gasteiger partial charge in [-0.1, -0.05) is 56.1 Å². The van der Waals surface area contributed by atoms with E-state index in [9.17, 15) is 4.79 Å². The summed E-state index contributed by atoms with van der Waals surface area (Å²) in [7, 11) is 0. The van der Waals surface area contributed by atoms with Crippen LogP contribution in [0.5, 0.6) is 0 Å². The molecule has 0 aromatic heterocycles. The van der Waals surface area contributed by atoms with Crippen molar-refractivity contribution in [3.8, 4) is 0 Å². The average molecular weight is 458 g/mol. The third kappa shape index (κ3) is 3.10. The Hall–Kier alpha value is -2.11. The number of fused-ring (bicyclic) bond motifs is 1. The highest BCUT2D eigenvalue weighted by molar-refractivity contribution is 9.10. The van der Waals surface area contributed by atoms with Gasteiger partial charge in [-0.3, -0.25) is 9.69 Å². The Bertz CT molecular complexity index is 940. The maximum atomic E-state index is 13.2. The van der Waals surface area contributed by atoms with E-state index in [0.29, 0.717) is 5.56 Å². The highest BCUT2D eigenvalue weighted by Gasteiger charge is 2.33. The highest BCUT2D eigenvalue weighted by atomic mass is 79.9. The lowest BCUT2D eigenvalue weighted by Crippen LogP contribution is -2.43. The number of nitrogens with one attached hydrogen (secondary N) is 1. The van der Waals surface area contributed by atoms with Gasteiger partial charge in [0.05, 0.1) is 5.56 Å². The Kier molecular flexibility index (Phi) is 4.36. The molecule has 3 nitrogen and oxygen atoms in total. The number of carbonyl (C=O) groups is 1. The second-order valence-electron chi connectivity index (χ2n) is 5.80. The number of hydrogen-bond donors (Lipinski definition) is 1. The van der Waals surface area contributed by atoms with Crippen LogP contribution in [0, 0.1) is 0 Å². The first-order valence-corrected chi connectivity index (χ1v) is 9.42. The molecule has 124 valence electrons. The second-order valence-corrected chi connectivity index (χ2v) is 7.63. The topological polar surface area (TPSA) is 32.3 Å². The standard InChI is InChI=1S/C20H14Br2N2O/c21-14-8-10-16(11-9-14)24-19(13-4-3-5-15(22)12-13)23-18-7-2-1-6-17(18)20(24)25/h1-12,19,23H. The maximum absolute atomic E-state index is 13.2. The monoisotopic (exact) mass is 456 g/mol. The van der Waals surface area contributed by atoms with Gasteiger partial charge >= 0.3 is 0 Å². The SMILES string of the molecule is O=C1c2ccccc2NC(c2cccc(Br)c2)N1c1ccc(Br)cc1. The molecular formula is C20H14Br2N2O. The first kappa shape index (κ1) is 16.4. The summed E-state index contributed by atoms with van der Waals surface area (Å²) in [6, 6.07) is 23.4. The van der Waals surface area contributed by atoms with Crippen LogP contribution in [0.15, 0.2) is 81.7 Å². The summed E-state index contributed by atoms with van der Waals surface area (Å²) in [5, 5.41) is 3.51. The van der Waals surface area contributed by atoms with E-state index in [1.54, 1.807) is 4.90 Å². The van der Waals surface area contributed by atoms with Crippen molar-refractivity contribution in [1.29, 1.82) is 0 Å². The number of hydrogen-bond acceptors (Lipinski definition) is 2. The van der Waals surface area contributed by atoms with Gasteiger partial charge in [-0.2, -0.15) is 0 Å². The molecule has 0 fully saturated rings. The third-order valence-electron chi connectivity index (χ3n) is 4.20. The van der Waals surface area contributed by atoms with Gasteiger partial charge in [0.25, 0.3) is 5.91 Å². The lowest BCUT2D eigenvalue weighted by molar-refractivity contribution is 0.0975. The predicted octanol–water partition coefficient (Wildman–Crippen LogP) is 5.98. The predicted molar refractivity (Wildman–Crippen MR) is 108 cm³/mol. The number of para-hydroxylation sites is 1. The van der Waals surface area contributed by atoms with Crippen molar-refractivity contribution in [2.24, 2.45) is 0 Å². The molecule has 1 aliphatic rings. The molecular weight excluding hydrogens is 444 g/mol. The fourth-order valence-electron chi connectivity index (χ4n) is 3.03. The van der Waals surface area contributed by atoms with Gasteiger partial charge in [0.15, 0.2) is 0 Å². The van der Waals surface area contributed by atoms with Gasteiger partial charge in [0, 0.05) is 20.3 Å². The third-order valence-corrected chi connectivity index (χ3v) is 5.22. The van der Waals surface area contributed by atoms with Crippen LogP contribution in [0.1, 0.15) is 22.1 Å². The van der Waals surface area contributed by atoms with Crippen molar-refractivity contribution < 1.29 is 4.79 Å². The Balaban J connectivity index is 1.87. The van der Waals surface area contributed by atoms with Crippen LogP contribution in [-0.2, 0) is 0 Å². The fourth-order valence-corrected chi connectivity index (χ4v) is 3.71. The van der Waals surface area contributed by atoms with Crippen LogP contribution >= 0.6 is 31.9 Å². The molecule has 0 saturated heterocycles. The second kappa shape index (κ2) is 6.65. The Morgan fingerprint density at radius 1 is 0.840 bits per heavy atom. The Morgan fingerprint density at radius 2 is 1.60 bits per heavy atom. The van der Waals surface area contributed by atoms with E-state index in [-0.39, 0.29) is 12.1 Å². The molecule has 1 N–H and O–H groups in total. The molecule has 25 heavy (non-hydrogen) atoms. The Morgan fingerprint density at radius 3 is 2.36 bits per heavy atom. The summed E-state index contributed by atoms with van der Waals surface area (Å²) in [6.07, 6.45) is -0.277. The molecule has 1 heterocycles. The molecule has 1 atom stereocenters. The van der Waals surface area contributed by atoms with Crippen molar-refractivity contribution >= 4 is 49.1 Å². The fraction of sp³-hybridized carbons (Fsp3) is 0.0500. The molecule has 0 bridgehead atoms. The molecule has 1 aliphatic heterocycles. The van der Waals surface area contributed by atoms with E-state index < -0.39 is 0 Å². The minimum Gasteiger partial charge on any atom is -0.360 e. The lowest BCUT2D eigenvalue weighted by atomic mass is 10.0. The van der Waals surface area contributed by atoms with Gasteiger partial charge in [-0.25, -0.2) is 0 Å². The molecule has 3 aromatic rings. The summed E-state index contributed by atoms with van der Waals surface area (Å²) in [4.78, 5) is 15.0. The van der Waals surface area contributed by atoms with Crippen molar-refractivity contribution in [3.05, 3.63) is 92.9 Å². The van der Waals surface area contributed by atoms with Crippen molar-refractivity contribution in [2.75, 3.05) is 10.2 Å². The van der Waals surface area contributed by atoms with Gasteiger partial charge in [0.1, 0.15) is 6.17 Å². The first-order valence-electron chi connectivity index (χ1n) is 7.83. The molecule has 4 rings (SSSR count). The van der Waals surface area contributed by atoms with Gasteiger partial charge in [-0.05, 0) is 54.1 Å². The number of anilines is 2. The minimum absolute atomic E-state index is 0.0124. The average Bonchev–Trinajstić information content (AvgIpc) is 2.63. The Labute approximate surface area is 162 Å². The van der Waals surface area contributed by atoms with E-state index in [1.807, 2.05) is 72.8 Å². The van der Waals surface area contributed by atoms with E-state index in [4.69, 9.17) is 0 Å². The van der Waals surface area contributed by atoms with E-state index in [0.717, 1.165) is 25.9 Å². The van der Waals surface area contributed by atoms with Crippen LogP contribution in [0.4, 0.5) is 11.4 Å². The molecule has 0 radical (unpaired) electrons. The zero-order valence-corrected chi connectivity index (χ0v) is 16.3. The number of carbonyl (C=O) groups excluding carboxylic acids is 1. The number of halogens is 2. The quantitative estimate of drug-likeness (QED) is 0.513. The summed E-state index contributed by atoms with van der Waals surface area (Å²) >= 11 is 6.98. The van der Waals surface area contributed by atoms with Crippen molar-refractivity contribution in [1.82, 2.24) is 0 Å². The van der Waals surface area contributed by atoms with E-state index in [1.165, 1.54) is 0 Å². The number of rotatable bonds is 2. The number of benzene rings is 3. The minimum atomic E-state index is -0.277. The molecule has 3 aromatic carbocycles. The van der Waals surface area contributed by atoms with Crippen LogP contribution in [0.25, 0.3) is 0 Å². The van der Waals surface area contributed by atoms with Gasteiger partial charge < -0.3 is 5.32 Å². The molecule has 0 saturated carbocycles. The van der Waals surface area contributed by atoms with Crippen LogP contribution in [0.3, 0.4) is 0 Å². The van der Waals surface area contributed by atoms with Crippen LogP contribution in [0.2, 0.25) is 0 Å².